The number of anilines is 2. The molecule has 0 aromatic carbocycles. The molecule has 1 unspecified atom stereocenters. The molecule has 0 spiro atoms. The number of aromatic nitrogens is 2. The van der Waals surface area contributed by atoms with Gasteiger partial charge in [-0.15, -0.1) is 0 Å². The summed E-state index contributed by atoms with van der Waals surface area (Å²) in [5.74, 6) is 2.44. The van der Waals surface area contributed by atoms with Crippen molar-refractivity contribution in [2.24, 2.45) is 5.92 Å². The first kappa shape index (κ1) is 14.7. The fourth-order valence-corrected chi connectivity index (χ4v) is 1.84. The Bertz CT molecular complexity index is 365. The van der Waals surface area contributed by atoms with Crippen LogP contribution in [0.25, 0.3) is 0 Å². The van der Waals surface area contributed by atoms with E-state index in [4.69, 9.17) is 0 Å². The first-order valence-corrected chi connectivity index (χ1v) is 6.95. The first-order chi connectivity index (χ1) is 8.60. The van der Waals surface area contributed by atoms with E-state index in [0.717, 1.165) is 37.1 Å². The van der Waals surface area contributed by atoms with E-state index in [0.29, 0.717) is 5.92 Å². The quantitative estimate of drug-likeness (QED) is 0.807. The summed E-state index contributed by atoms with van der Waals surface area (Å²) in [5, 5.41) is 3.19. The van der Waals surface area contributed by atoms with Gasteiger partial charge in [0.05, 0.1) is 0 Å². The highest BCUT2D eigenvalue weighted by Gasteiger charge is 2.11. The lowest BCUT2D eigenvalue weighted by Crippen LogP contribution is -2.29. The molecule has 0 saturated heterocycles. The highest BCUT2D eigenvalue weighted by Crippen LogP contribution is 2.17. The van der Waals surface area contributed by atoms with Gasteiger partial charge in [0.15, 0.2) is 0 Å². The van der Waals surface area contributed by atoms with Crippen LogP contribution >= 0.6 is 0 Å². The minimum absolute atomic E-state index is 0.683. The van der Waals surface area contributed by atoms with Crippen LogP contribution in [-0.4, -0.2) is 29.6 Å². The molecule has 1 heterocycles. The molecule has 4 heteroatoms. The van der Waals surface area contributed by atoms with Crippen LogP contribution in [0, 0.1) is 12.8 Å². The summed E-state index contributed by atoms with van der Waals surface area (Å²) in [6, 6.07) is 2.06. The second-order valence-corrected chi connectivity index (χ2v) is 4.77. The largest absolute Gasteiger partial charge is 0.356 e. The molecule has 0 radical (unpaired) electrons. The van der Waals surface area contributed by atoms with Gasteiger partial charge in [-0.3, -0.25) is 0 Å². The molecule has 102 valence electrons. The van der Waals surface area contributed by atoms with Gasteiger partial charge in [0.25, 0.3) is 0 Å². The van der Waals surface area contributed by atoms with E-state index < -0.39 is 0 Å². The number of nitrogens with one attached hydrogen (secondary N) is 1. The maximum Gasteiger partial charge on any atom is 0.224 e. The first-order valence-electron chi connectivity index (χ1n) is 6.95. The Morgan fingerprint density at radius 3 is 2.56 bits per heavy atom. The third-order valence-electron chi connectivity index (χ3n) is 3.11. The van der Waals surface area contributed by atoms with E-state index in [1.807, 2.05) is 6.92 Å². The highest BCUT2D eigenvalue weighted by atomic mass is 15.2. The zero-order valence-electron chi connectivity index (χ0n) is 12.3. The standard InChI is InChI=1S/C14H26N4/c1-6-11(4)10-18(8-3)13-9-12(5)16-14(17-13)15-7-2/h9,11H,6-8,10H2,1-5H3,(H,15,16,17). The third-order valence-corrected chi connectivity index (χ3v) is 3.11. The summed E-state index contributed by atoms with van der Waals surface area (Å²) in [6.45, 7) is 13.6. The van der Waals surface area contributed by atoms with Gasteiger partial charge >= 0.3 is 0 Å². The van der Waals surface area contributed by atoms with Crippen LogP contribution in [0.5, 0.6) is 0 Å². The van der Waals surface area contributed by atoms with Gasteiger partial charge in [0.2, 0.25) is 5.95 Å². The maximum atomic E-state index is 4.59. The third kappa shape index (κ3) is 4.17. The molecule has 0 amide bonds. The molecular weight excluding hydrogens is 224 g/mol. The summed E-state index contributed by atoms with van der Waals surface area (Å²) in [6.07, 6.45) is 1.20. The van der Waals surface area contributed by atoms with Crippen LogP contribution < -0.4 is 10.2 Å². The van der Waals surface area contributed by atoms with Crippen molar-refractivity contribution in [2.75, 3.05) is 29.9 Å². The number of hydrogen-bond acceptors (Lipinski definition) is 4. The minimum atomic E-state index is 0.683. The normalized spacial score (nSPS) is 12.3. The molecule has 1 aromatic heterocycles. The van der Waals surface area contributed by atoms with Crippen LogP contribution in [0.15, 0.2) is 6.07 Å². The van der Waals surface area contributed by atoms with Crippen molar-refractivity contribution >= 4 is 11.8 Å². The summed E-state index contributed by atoms with van der Waals surface area (Å²) in [7, 11) is 0. The number of aryl methyl sites for hydroxylation is 1. The van der Waals surface area contributed by atoms with Crippen LogP contribution in [0.2, 0.25) is 0 Å². The predicted molar refractivity (Wildman–Crippen MR) is 78.3 cm³/mol. The second-order valence-electron chi connectivity index (χ2n) is 4.77. The van der Waals surface area contributed by atoms with E-state index in [1.54, 1.807) is 0 Å². The van der Waals surface area contributed by atoms with Crippen LogP contribution in [-0.2, 0) is 0 Å². The topological polar surface area (TPSA) is 41.1 Å². The Hall–Kier alpha value is -1.32. The molecule has 0 aliphatic carbocycles. The number of nitrogens with zero attached hydrogens (tertiary/aromatic N) is 3. The van der Waals surface area contributed by atoms with Crippen molar-refractivity contribution in [1.29, 1.82) is 0 Å². The molecule has 0 fully saturated rings. The van der Waals surface area contributed by atoms with Crippen molar-refractivity contribution in [2.45, 2.75) is 41.0 Å². The van der Waals surface area contributed by atoms with Crippen molar-refractivity contribution in [3.8, 4) is 0 Å². The molecule has 0 aliphatic heterocycles. The molecule has 1 N–H and O–H groups in total. The Morgan fingerprint density at radius 1 is 1.28 bits per heavy atom. The monoisotopic (exact) mass is 250 g/mol. The molecule has 0 bridgehead atoms. The van der Waals surface area contributed by atoms with Gasteiger partial charge in [0.1, 0.15) is 5.82 Å². The Labute approximate surface area is 111 Å². The van der Waals surface area contributed by atoms with E-state index in [1.165, 1.54) is 6.42 Å². The van der Waals surface area contributed by atoms with Crippen molar-refractivity contribution < 1.29 is 0 Å². The van der Waals surface area contributed by atoms with Crippen LogP contribution in [0.3, 0.4) is 0 Å². The van der Waals surface area contributed by atoms with Gasteiger partial charge < -0.3 is 10.2 Å². The van der Waals surface area contributed by atoms with Gasteiger partial charge in [-0.05, 0) is 26.7 Å². The van der Waals surface area contributed by atoms with E-state index in [2.05, 4.69) is 53.9 Å². The summed E-state index contributed by atoms with van der Waals surface area (Å²) in [5.41, 5.74) is 1.01. The van der Waals surface area contributed by atoms with Gasteiger partial charge in [0, 0.05) is 31.4 Å². The lowest BCUT2D eigenvalue weighted by atomic mass is 10.1. The van der Waals surface area contributed by atoms with E-state index in [9.17, 15) is 0 Å². The number of rotatable bonds is 7. The number of hydrogen-bond donors (Lipinski definition) is 1. The smallest absolute Gasteiger partial charge is 0.224 e. The maximum absolute atomic E-state index is 4.59. The molecule has 4 nitrogen and oxygen atoms in total. The predicted octanol–water partition coefficient (Wildman–Crippen LogP) is 3.09. The molecule has 1 rings (SSSR count). The Balaban J connectivity index is 2.90. The minimum Gasteiger partial charge on any atom is -0.356 e. The molecule has 0 saturated carbocycles. The fourth-order valence-electron chi connectivity index (χ4n) is 1.84. The Morgan fingerprint density at radius 2 is 2.00 bits per heavy atom. The highest BCUT2D eigenvalue weighted by molar-refractivity contribution is 5.44. The average molecular weight is 250 g/mol. The summed E-state index contributed by atoms with van der Waals surface area (Å²) in [4.78, 5) is 11.3. The molecule has 1 atom stereocenters. The van der Waals surface area contributed by atoms with E-state index >= 15 is 0 Å². The molecule has 0 aliphatic rings. The molecular formula is C14H26N4. The lowest BCUT2D eigenvalue weighted by Gasteiger charge is -2.25. The van der Waals surface area contributed by atoms with Gasteiger partial charge in [-0.1, -0.05) is 20.3 Å². The van der Waals surface area contributed by atoms with Gasteiger partial charge in [-0.2, -0.15) is 4.98 Å². The zero-order chi connectivity index (χ0) is 13.5. The van der Waals surface area contributed by atoms with Crippen LogP contribution in [0.1, 0.15) is 39.8 Å². The Kier molecular flexibility index (Phi) is 5.89. The summed E-state index contributed by atoms with van der Waals surface area (Å²) < 4.78 is 0. The molecule has 1 aromatic rings. The van der Waals surface area contributed by atoms with Crippen molar-refractivity contribution in [3.05, 3.63) is 11.8 Å². The van der Waals surface area contributed by atoms with Crippen molar-refractivity contribution in [1.82, 2.24) is 9.97 Å². The fraction of sp³-hybridized carbons (Fsp3) is 0.714. The lowest BCUT2D eigenvalue weighted by molar-refractivity contribution is 0.545. The van der Waals surface area contributed by atoms with Crippen LogP contribution in [0.4, 0.5) is 11.8 Å². The SMILES string of the molecule is CCNc1nc(C)cc(N(CC)CC(C)CC)n1. The van der Waals surface area contributed by atoms with Crippen molar-refractivity contribution in [3.63, 3.8) is 0 Å². The molecule has 18 heavy (non-hydrogen) atoms. The second kappa shape index (κ2) is 7.19. The summed E-state index contributed by atoms with van der Waals surface area (Å²) >= 11 is 0. The van der Waals surface area contributed by atoms with Gasteiger partial charge in [-0.25, -0.2) is 4.98 Å². The average Bonchev–Trinajstić information content (AvgIpc) is 2.35. The zero-order valence-corrected chi connectivity index (χ0v) is 12.3. The van der Waals surface area contributed by atoms with E-state index in [-0.39, 0.29) is 0 Å².